The van der Waals surface area contributed by atoms with Gasteiger partial charge in [-0.05, 0) is 37.0 Å². The fourth-order valence-corrected chi connectivity index (χ4v) is 1.71. The van der Waals surface area contributed by atoms with E-state index in [9.17, 15) is 0 Å². The van der Waals surface area contributed by atoms with E-state index >= 15 is 0 Å². The average Bonchev–Trinajstić information content (AvgIpc) is 2.34. The van der Waals surface area contributed by atoms with E-state index in [2.05, 4.69) is 49.7 Å². The maximum absolute atomic E-state index is 3.75. The predicted octanol–water partition coefficient (Wildman–Crippen LogP) is 4.04. The standard InChI is InChI=1S/C15H23N/c1-4-6-8-14-9-11-15(12-10-14)16(3)13-7-5-2/h5,9-12H,2,4,6-8,13H2,1,3H3. The van der Waals surface area contributed by atoms with E-state index in [0.717, 1.165) is 13.0 Å². The summed E-state index contributed by atoms with van der Waals surface area (Å²) in [7, 11) is 2.13. The molecule has 1 aromatic rings. The van der Waals surface area contributed by atoms with Crippen molar-refractivity contribution in [2.45, 2.75) is 32.6 Å². The third-order valence-corrected chi connectivity index (χ3v) is 2.86. The molecule has 1 nitrogen and oxygen atoms in total. The second-order valence-corrected chi connectivity index (χ2v) is 4.27. The number of unbranched alkanes of at least 4 members (excludes halogenated alkanes) is 1. The molecule has 16 heavy (non-hydrogen) atoms. The Bertz CT molecular complexity index is 300. The van der Waals surface area contributed by atoms with Gasteiger partial charge in [-0.1, -0.05) is 31.6 Å². The van der Waals surface area contributed by atoms with Crippen LogP contribution < -0.4 is 4.90 Å². The van der Waals surface area contributed by atoms with Crippen molar-refractivity contribution in [3.8, 4) is 0 Å². The van der Waals surface area contributed by atoms with Crippen LogP contribution >= 0.6 is 0 Å². The number of aryl methyl sites for hydroxylation is 1. The zero-order valence-corrected chi connectivity index (χ0v) is 10.6. The van der Waals surface area contributed by atoms with Crippen molar-refractivity contribution in [3.63, 3.8) is 0 Å². The number of hydrogen-bond donors (Lipinski definition) is 0. The highest BCUT2D eigenvalue weighted by Crippen LogP contribution is 2.15. The van der Waals surface area contributed by atoms with Gasteiger partial charge in [-0.3, -0.25) is 0 Å². The highest BCUT2D eigenvalue weighted by atomic mass is 15.1. The molecule has 0 heterocycles. The molecule has 0 fully saturated rings. The minimum atomic E-state index is 1.04. The van der Waals surface area contributed by atoms with Gasteiger partial charge >= 0.3 is 0 Å². The molecule has 0 aliphatic rings. The van der Waals surface area contributed by atoms with Gasteiger partial charge in [0.25, 0.3) is 0 Å². The van der Waals surface area contributed by atoms with E-state index in [1.54, 1.807) is 0 Å². The third kappa shape index (κ3) is 4.09. The Hall–Kier alpha value is -1.24. The number of nitrogens with zero attached hydrogens (tertiary/aromatic N) is 1. The Morgan fingerprint density at radius 3 is 2.50 bits per heavy atom. The summed E-state index contributed by atoms with van der Waals surface area (Å²) in [4.78, 5) is 2.27. The first kappa shape index (κ1) is 12.8. The first-order chi connectivity index (χ1) is 7.77. The molecule has 0 aliphatic carbocycles. The van der Waals surface area contributed by atoms with Crippen molar-refractivity contribution in [2.24, 2.45) is 0 Å². The molecule has 0 N–H and O–H groups in total. The minimum absolute atomic E-state index is 1.04. The van der Waals surface area contributed by atoms with Gasteiger partial charge in [-0.15, -0.1) is 6.58 Å². The van der Waals surface area contributed by atoms with E-state index in [4.69, 9.17) is 0 Å². The Morgan fingerprint density at radius 1 is 1.25 bits per heavy atom. The highest BCUT2D eigenvalue weighted by molar-refractivity contribution is 5.46. The van der Waals surface area contributed by atoms with Crippen LogP contribution in [0.3, 0.4) is 0 Å². The topological polar surface area (TPSA) is 3.24 Å². The van der Waals surface area contributed by atoms with Crippen molar-refractivity contribution in [1.29, 1.82) is 0 Å². The largest absolute Gasteiger partial charge is 0.374 e. The number of hydrogen-bond acceptors (Lipinski definition) is 1. The van der Waals surface area contributed by atoms with Crippen LogP contribution in [0.4, 0.5) is 5.69 Å². The van der Waals surface area contributed by atoms with E-state index in [0.29, 0.717) is 0 Å². The predicted molar refractivity (Wildman–Crippen MR) is 73.1 cm³/mol. The van der Waals surface area contributed by atoms with Gasteiger partial charge in [0, 0.05) is 19.3 Å². The van der Waals surface area contributed by atoms with Crippen molar-refractivity contribution >= 4 is 5.69 Å². The number of benzene rings is 1. The molecule has 0 atom stereocenters. The molecule has 0 saturated heterocycles. The summed E-state index contributed by atoms with van der Waals surface area (Å²) < 4.78 is 0. The molecule has 0 saturated carbocycles. The van der Waals surface area contributed by atoms with Crippen LogP contribution in [0.25, 0.3) is 0 Å². The molecular formula is C15H23N. The Balaban J connectivity index is 2.52. The van der Waals surface area contributed by atoms with Crippen molar-refractivity contribution < 1.29 is 0 Å². The zero-order valence-electron chi connectivity index (χ0n) is 10.6. The summed E-state index contributed by atoms with van der Waals surface area (Å²) in [6.07, 6.45) is 6.75. The van der Waals surface area contributed by atoms with Gasteiger partial charge in [0.2, 0.25) is 0 Å². The van der Waals surface area contributed by atoms with Crippen LogP contribution in [-0.2, 0) is 6.42 Å². The average molecular weight is 217 g/mol. The smallest absolute Gasteiger partial charge is 0.0363 e. The lowest BCUT2D eigenvalue weighted by Gasteiger charge is -2.18. The van der Waals surface area contributed by atoms with Crippen LogP contribution in [0.15, 0.2) is 36.9 Å². The maximum Gasteiger partial charge on any atom is 0.0363 e. The Kier molecular flexibility index (Phi) is 5.69. The lowest BCUT2D eigenvalue weighted by Crippen LogP contribution is -2.17. The van der Waals surface area contributed by atoms with E-state index in [-0.39, 0.29) is 0 Å². The van der Waals surface area contributed by atoms with Crippen LogP contribution in [0.2, 0.25) is 0 Å². The number of anilines is 1. The fraction of sp³-hybridized carbons (Fsp3) is 0.467. The molecule has 1 rings (SSSR count). The van der Waals surface area contributed by atoms with Crippen molar-refractivity contribution in [1.82, 2.24) is 0 Å². The second kappa shape index (κ2) is 7.10. The molecule has 0 aliphatic heterocycles. The molecule has 88 valence electrons. The molecule has 1 aromatic carbocycles. The summed E-state index contributed by atoms with van der Waals surface area (Å²) >= 11 is 0. The maximum atomic E-state index is 3.75. The molecule has 0 bridgehead atoms. The normalized spacial score (nSPS) is 10.1. The van der Waals surface area contributed by atoms with Gasteiger partial charge in [-0.25, -0.2) is 0 Å². The molecule has 0 aromatic heterocycles. The van der Waals surface area contributed by atoms with E-state index < -0.39 is 0 Å². The van der Waals surface area contributed by atoms with Crippen molar-refractivity contribution in [2.75, 3.05) is 18.5 Å². The minimum Gasteiger partial charge on any atom is -0.374 e. The molecule has 0 spiro atoms. The molecule has 0 unspecified atom stereocenters. The quantitative estimate of drug-likeness (QED) is 0.623. The van der Waals surface area contributed by atoms with Crippen LogP contribution in [0.1, 0.15) is 31.7 Å². The Morgan fingerprint density at radius 2 is 1.94 bits per heavy atom. The SMILES string of the molecule is C=CCCN(C)c1ccc(CCCC)cc1. The number of rotatable bonds is 7. The first-order valence-corrected chi connectivity index (χ1v) is 6.19. The Labute approximate surface area is 99.8 Å². The summed E-state index contributed by atoms with van der Waals surface area (Å²) in [5.74, 6) is 0. The molecular weight excluding hydrogens is 194 g/mol. The molecule has 0 amide bonds. The lowest BCUT2D eigenvalue weighted by atomic mass is 10.1. The van der Waals surface area contributed by atoms with Gasteiger partial charge in [0.15, 0.2) is 0 Å². The monoisotopic (exact) mass is 217 g/mol. The van der Waals surface area contributed by atoms with Gasteiger partial charge in [0.1, 0.15) is 0 Å². The second-order valence-electron chi connectivity index (χ2n) is 4.27. The van der Waals surface area contributed by atoms with Crippen LogP contribution in [0, 0.1) is 0 Å². The van der Waals surface area contributed by atoms with E-state index in [1.165, 1.54) is 30.5 Å². The van der Waals surface area contributed by atoms with Crippen molar-refractivity contribution in [3.05, 3.63) is 42.5 Å². The van der Waals surface area contributed by atoms with Gasteiger partial charge in [0.05, 0.1) is 0 Å². The fourth-order valence-electron chi connectivity index (χ4n) is 1.71. The zero-order chi connectivity index (χ0) is 11.8. The van der Waals surface area contributed by atoms with Crippen LogP contribution in [0.5, 0.6) is 0 Å². The first-order valence-electron chi connectivity index (χ1n) is 6.19. The van der Waals surface area contributed by atoms with Crippen LogP contribution in [-0.4, -0.2) is 13.6 Å². The molecule has 1 heteroatoms. The van der Waals surface area contributed by atoms with E-state index in [1.807, 2.05) is 6.08 Å². The lowest BCUT2D eigenvalue weighted by molar-refractivity contribution is 0.794. The summed E-state index contributed by atoms with van der Waals surface area (Å²) in [5, 5.41) is 0. The summed E-state index contributed by atoms with van der Waals surface area (Å²) in [6, 6.07) is 8.92. The van der Waals surface area contributed by atoms with Gasteiger partial charge < -0.3 is 4.90 Å². The third-order valence-electron chi connectivity index (χ3n) is 2.86. The summed E-state index contributed by atoms with van der Waals surface area (Å²) in [5.41, 5.74) is 2.74. The summed E-state index contributed by atoms with van der Waals surface area (Å²) in [6.45, 7) is 7.02. The highest BCUT2D eigenvalue weighted by Gasteiger charge is 1.99. The molecule has 0 radical (unpaired) electrons. The van der Waals surface area contributed by atoms with Gasteiger partial charge in [-0.2, -0.15) is 0 Å².